The van der Waals surface area contributed by atoms with Crippen molar-refractivity contribution in [3.05, 3.63) is 65.2 Å². The molecule has 4 heteroatoms. The van der Waals surface area contributed by atoms with Crippen LogP contribution in [0.15, 0.2) is 48.5 Å². The minimum atomic E-state index is -0.867. The standard InChI is InChI=1S/C22H29NO3/c1-15(2)19-8-6-7-9-20(19)26-16(3)21(24)23-14-17-10-12-18(13-11-17)22(4,5)25/h6-13,15-16,25H,14H2,1-5H3,(H,23,24). The van der Waals surface area contributed by atoms with Crippen LogP contribution >= 0.6 is 0 Å². The molecule has 0 aliphatic rings. The number of nitrogens with one attached hydrogen (secondary N) is 1. The van der Waals surface area contributed by atoms with E-state index in [1.54, 1.807) is 20.8 Å². The van der Waals surface area contributed by atoms with Crippen molar-refractivity contribution in [1.29, 1.82) is 0 Å². The van der Waals surface area contributed by atoms with E-state index in [2.05, 4.69) is 19.2 Å². The monoisotopic (exact) mass is 355 g/mol. The highest BCUT2D eigenvalue weighted by Crippen LogP contribution is 2.26. The van der Waals surface area contributed by atoms with Crippen LogP contribution in [-0.4, -0.2) is 17.1 Å². The lowest BCUT2D eigenvalue weighted by molar-refractivity contribution is -0.127. The van der Waals surface area contributed by atoms with E-state index >= 15 is 0 Å². The van der Waals surface area contributed by atoms with E-state index in [4.69, 9.17) is 4.74 Å². The Morgan fingerprint density at radius 2 is 1.69 bits per heavy atom. The van der Waals surface area contributed by atoms with Crippen LogP contribution in [0, 0.1) is 0 Å². The van der Waals surface area contributed by atoms with Crippen molar-refractivity contribution < 1.29 is 14.6 Å². The van der Waals surface area contributed by atoms with E-state index < -0.39 is 11.7 Å². The molecule has 0 aromatic heterocycles. The van der Waals surface area contributed by atoms with Crippen LogP contribution in [0.1, 0.15) is 57.2 Å². The average molecular weight is 355 g/mol. The van der Waals surface area contributed by atoms with Gasteiger partial charge < -0.3 is 15.2 Å². The molecule has 140 valence electrons. The van der Waals surface area contributed by atoms with Gasteiger partial charge in [0, 0.05) is 6.54 Å². The first-order valence-electron chi connectivity index (χ1n) is 9.03. The summed E-state index contributed by atoms with van der Waals surface area (Å²) in [6, 6.07) is 15.4. The maximum absolute atomic E-state index is 12.4. The van der Waals surface area contributed by atoms with E-state index in [-0.39, 0.29) is 5.91 Å². The van der Waals surface area contributed by atoms with E-state index in [0.717, 1.165) is 22.4 Å². The molecule has 4 nitrogen and oxygen atoms in total. The number of carbonyl (C=O) groups is 1. The minimum Gasteiger partial charge on any atom is -0.481 e. The number of ether oxygens (including phenoxy) is 1. The van der Waals surface area contributed by atoms with Gasteiger partial charge in [0.25, 0.3) is 5.91 Å². The van der Waals surface area contributed by atoms with Gasteiger partial charge in [0.2, 0.25) is 0 Å². The second-order valence-corrected chi connectivity index (χ2v) is 7.43. The molecule has 0 radical (unpaired) electrons. The molecule has 0 heterocycles. The maximum Gasteiger partial charge on any atom is 0.261 e. The van der Waals surface area contributed by atoms with Crippen LogP contribution in [0.25, 0.3) is 0 Å². The lowest BCUT2D eigenvalue weighted by atomic mass is 9.97. The molecule has 2 N–H and O–H groups in total. The van der Waals surface area contributed by atoms with Crippen LogP contribution in [0.2, 0.25) is 0 Å². The number of para-hydroxylation sites is 1. The Kier molecular flexibility index (Phi) is 6.43. The summed E-state index contributed by atoms with van der Waals surface area (Å²) in [5.41, 5.74) is 2.04. The lowest BCUT2D eigenvalue weighted by Gasteiger charge is -2.19. The number of benzene rings is 2. The zero-order valence-corrected chi connectivity index (χ0v) is 16.2. The summed E-state index contributed by atoms with van der Waals surface area (Å²) in [7, 11) is 0. The molecule has 0 aliphatic heterocycles. The van der Waals surface area contributed by atoms with Crippen molar-refractivity contribution in [1.82, 2.24) is 5.32 Å². The quantitative estimate of drug-likeness (QED) is 0.785. The summed E-state index contributed by atoms with van der Waals surface area (Å²) in [4.78, 5) is 12.4. The fraction of sp³-hybridized carbons (Fsp3) is 0.409. The molecular weight excluding hydrogens is 326 g/mol. The van der Waals surface area contributed by atoms with Crippen LogP contribution in [0.5, 0.6) is 5.75 Å². The third-order valence-corrected chi connectivity index (χ3v) is 4.34. The predicted octanol–water partition coefficient (Wildman–Crippen LogP) is 4.12. The average Bonchev–Trinajstić information content (AvgIpc) is 2.59. The SMILES string of the molecule is CC(Oc1ccccc1C(C)C)C(=O)NCc1ccc(C(C)(C)O)cc1. The van der Waals surface area contributed by atoms with Gasteiger partial charge in [-0.2, -0.15) is 0 Å². The van der Waals surface area contributed by atoms with Gasteiger partial charge in [0.15, 0.2) is 6.10 Å². The van der Waals surface area contributed by atoms with Gasteiger partial charge in [-0.3, -0.25) is 4.79 Å². The topological polar surface area (TPSA) is 58.6 Å². The summed E-state index contributed by atoms with van der Waals surface area (Å²) in [6.45, 7) is 9.87. The Bertz CT molecular complexity index is 730. The third kappa shape index (κ3) is 5.33. The van der Waals surface area contributed by atoms with Crippen molar-refractivity contribution in [3.63, 3.8) is 0 Å². The van der Waals surface area contributed by atoms with Crippen LogP contribution in [0.3, 0.4) is 0 Å². The smallest absolute Gasteiger partial charge is 0.261 e. The van der Waals surface area contributed by atoms with Crippen LogP contribution in [0.4, 0.5) is 0 Å². The summed E-state index contributed by atoms with van der Waals surface area (Å²) in [6.07, 6.45) is -0.578. The zero-order valence-electron chi connectivity index (χ0n) is 16.2. The van der Waals surface area contributed by atoms with E-state index in [1.807, 2.05) is 48.5 Å². The Labute approximate surface area is 156 Å². The zero-order chi connectivity index (χ0) is 19.3. The van der Waals surface area contributed by atoms with Crippen molar-refractivity contribution in [2.24, 2.45) is 0 Å². The van der Waals surface area contributed by atoms with Gasteiger partial charge in [-0.1, -0.05) is 56.3 Å². The van der Waals surface area contributed by atoms with Crippen molar-refractivity contribution in [2.45, 2.75) is 58.8 Å². The van der Waals surface area contributed by atoms with Gasteiger partial charge in [-0.05, 0) is 49.4 Å². The van der Waals surface area contributed by atoms with Crippen LogP contribution in [-0.2, 0) is 16.9 Å². The molecule has 2 aromatic rings. The van der Waals surface area contributed by atoms with Gasteiger partial charge >= 0.3 is 0 Å². The minimum absolute atomic E-state index is 0.157. The van der Waals surface area contributed by atoms with E-state index in [1.165, 1.54) is 0 Å². The van der Waals surface area contributed by atoms with Gasteiger partial charge in [-0.15, -0.1) is 0 Å². The van der Waals surface area contributed by atoms with E-state index in [0.29, 0.717) is 12.5 Å². The molecule has 2 rings (SSSR count). The first-order chi connectivity index (χ1) is 12.2. The molecule has 1 atom stereocenters. The summed E-state index contributed by atoms with van der Waals surface area (Å²) in [5.74, 6) is 0.922. The highest BCUT2D eigenvalue weighted by Gasteiger charge is 2.18. The Balaban J connectivity index is 1.94. The van der Waals surface area contributed by atoms with Crippen molar-refractivity contribution in [3.8, 4) is 5.75 Å². The number of aliphatic hydroxyl groups is 1. The van der Waals surface area contributed by atoms with Crippen LogP contribution < -0.4 is 10.1 Å². The molecule has 1 unspecified atom stereocenters. The molecule has 2 aromatic carbocycles. The molecule has 0 bridgehead atoms. The number of hydrogen-bond acceptors (Lipinski definition) is 3. The van der Waals surface area contributed by atoms with Gasteiger partial charge in [0.05, 0.1) is 5.60 Å². The molecular formula is C22H29NO3. The number of amides is 1. The number of rotatable bonds is 7. The maximum atomic E-state index is 12.4. The normalized spacial score (nSPS) is 12.7. The Morgan fingerprint density at radius 1 is 1.08 bits per heavy atom. The van der Waals surface area contributed by atoms with Crippen molar-refractivity contribution >= 4 is 5.91 Å². The highest BCUT2D eigenvalue weighted by atomic mass is 16.5. The highest BCUT2D eigenvalue weighted by molar-refractivity contribution is 5.80. The molecule has 0 aliphatic carbocycles. The molecule has 0 spiro atoms. The Hall–Kier alpha value is -2.33. The van der Waals surface area contributed by atoms with Gasteiger partial charge in [-0.25, -0.2) is 0 Å². The summed E-state index contributed by atoms with van der Waals surface area (Å²) in [5, 5.41) is 12.9. The first kappa shape index (κ1) is 20.0. The summed E-state index contributed by atoms with van der Waals surface area (Å²) >= 11 is 0. The molecule has 0 fully saturated rings. The fourth-order valence-corrected chi connectivity index (χ4v) is 2.67. The fourth-order valence-electron chi connectivity index (χ4n) is 2.67. The largest absolute Gasteiger partial charge is 0.481 e. The van der Waals surface area contributed by atoms with Crippen molar-refractivity contribution in [2.75, 3.05) is 0 Å². The number of carbonyl (C=O) groups excluding carboxylic acids is 1. The third-order valence-electron chi connectivity index (χ3n) is 4.34. The lowest BCUT2D eigenvalue weighted by Crippen LogP contribution is -2.36. The van der Waals surface area contributed by atoms with E-state index in [9.17, 15) is 9.90 Å². The summed E-state index contributed by atoms with van der Waals surface area (Å²) < 4.78 is 5.88. The van der Waals surface area contributed by atoms with Gasteiger partial charge in [0.1, 0.15) is 5.75 Å². The second kappa shape index (κ2) is 8.37. The second-order valence-electron chi connectivity index (χ2n) is 7.43. The predicted molar refractivity (Wildman–Crippen MR) is 104 cm³/mol. The molecule has 1 amide bonds. The number of hydrogen-bond donors (Lipinski definition) is 2. The Morgan fingerprint density at radius 3 is 2.27 bits per heavy atom. The molecule has 0 saturated heterocycles. The molecule has 0 saturated carbocycles. The molecule has 26 heavy (non-hydrogen) atoms. The first-order valence-corrected chi connectivity index (χ1v) is 9.03.